The van der Waals surface area contributed by atoms with Crippen LogP contribution in [0.2, 0.25) is 5.02 Å². The van der Waals surface area contributed by atoms with Gasteiger partial charge < -0.3 is 14.8 Å². The second-order valence-corrected chi connectivity index (χ2v) is 7.76. The van der Waals surface area contributed by atoms with Crippen LogP contribution in [0.15, 0.2) is 36.4 Å². The molecule has 2 amide bonds. The zero-order valence-electron chi connectivity index (χ0n) is 15.9. The first kappa shape index (κ1) is 19.5. The molecule has 29 heavy (non-hydrogen) atoms. The Hall–Kier alpha value is -2.80. The van der Waals surface area contributed by atoms with E-state index in [1.54, 1.807) is 44.2 Å². The zero-order valence-corrected chi connectivity index (χ0v) is 16.7. The third-order valence-electron chi connectivity index (χ3n) is 4.95. The number of nitrogens with zero attached hydrogens (tertiary/aromatic N) is 1. The Balaban J connectivity index is 1.85. The van der Waals surface area contributed by atoms with E-state index in [4.69, 9.17) is 21.1 Å². The lowest BCUT2D eigenvalue weighted by Crippen LogP contribution is -2.52. The molecule has 2 atom stereocenters. The number of alkyl carbamates (subject to hydrolysis) is 1. The van der Waals surface area contributed by atoms with Crippen LogP contribution >= 0.6 is 11.6 Å². The van der Waals surface area contributed by atoms with E-state index in [2.05, 4.69) is 5.32 Å². The maximum Gasteiger partial charge on any atom is 0.407 e. The molecule has 4 rings (SSSR count). The molecule has 0 saturated carbocycles. The second-order valence-electron chi connectivity index (χ2n) is 7.32. The molecule has 0 bridgehead atoms. The lowest BCUT2D eigenvalue weighted by Gasteiger charge is -2.40. The molecule has 0 aliphatic carbocycles. The Bertz CT molecular complexity index is 981. The number of hydrogen-bond acceptors (Lipinski definition) is 4. The topological polar surface area (TPSA) is 67.9 Å². The van der Waals surface area contributed by atoms with Gasteiger partial charge in [0.15, 0.2) is 17.3 Å². The smallest absolute Gasteiger partial charge is 0.407 e. The number of amides is 2. The van der Waals surface area contributed by atoms with Gasteiger partial charge >= 0.3 is 6.09 Å². The molecule has 1 saturated heterocycles. The zero-order chi connectivity index (χ0) is 20.7. The van der Waals surface area contributed by atoms with Crippen LogP contribution in [0, 0.1) is 5.82 Å². The summed E-state index contributed by atoms with van der Waals surface area (Å²) in [7, 11) is 0. The Labute approximate surface area is 172 Å². The van der Waals surface area contributed by atoms with Crippen molar-refractivity contribution in [1.29, 1.82) is 0 Å². The molecular formula is C21H20ClFN2O4. The van der Waals surface area contributed by atoms with Crippen LogP contribution in [0.25, 0.3) is 0 Å². The number of hydrogen-bond donors (Lipinski definition) is 1. The Morgan fingerprint density at radius 3 is 2.90 bits per heavy atom. The van der Waals surface area contributed by atoms with Crippen molar-refractivity contribution < 1.29 is 23.5 Å². The molecule has 2 aromatic rings. The summed E-state index contributed by atoms with van der Waals surface area (Å²) in [6.45, 7) is 3.50. The van der Waals surface area contributed by atoms with Gasteiger partial charge in [-0.25, -0.2) is 9.18 Å². The summed E-state index contributed by atoms with van der Waals surface area (Å²) < 4.78 is 25.8. The number of rotatable bonds is 2. The highest BCUT2D eigenvalue weighted by Crippen LogP contribution is 2.49. The Morgan fingerprint density at radius 1 is 1.34 bits per heavy atom. The fraction of sp³-hybridized carbons (Fsp3) is 0.333. The number of carbonyl (C=O) groups excluding carboxylic acids is 2. The highest BCUT2D eigenvalue weighted by Gasteiger charge is 2.43. The Kier molecular flexibility index (Phi) is 5.08. The van der Waals surface area contributed by atoms with Gasteiger partial charge in [0.25, 0.3) is 0 Å². The molecule has 2 aliphatic heterocycles. The van der Waals surface area contributed by atoms with Crippen LogP contribution < -0.4 is 15.0 Å². The highest BCUT2D eigenvalue weighted by molar-refractivity contribution is 6.31. The van der Waals surface area contributed by atoms with E-state index in [0.29, 0.717) is 28.4 Å². The molecule has 0 aromatic heterocycles. The number of nitrogens with one attached hydrogen (secondary N) is 1. The van der Waals surface area contributed by atoms with Gasteiger partial charge in [0.05, 0.1) is 23.9 Å². The van der Waals surface area contributed by atoms with Crippen molar-refractivity contribution in [3.05, 3.63) is 52.8 Å². The summed E-state index contributed by atoms with van der Waals surface area (Å²) in [5.74, 6) is -0.356. The molecule has 2 heterocycles. The van der Waals surface area contributed by atoms with Gasteiger partial charge in [0, 0.05) is 17.0 Å². The normalized spacial score (nSPS) is 20.2. The fourth-order valence-electron chi connectivity index (χ4n) is 3.82. The lowest BCUT2D eigenvalue weighted by molar-refractivity contribution is -0.120. The number of carbonyl (C=O) groups is 2. The van der Waals surface area contributed by atoms with E-state index < -0.39 is 24.0 Å². The van der Waals surface area contributed by atoms with Gasteiger partial charge in [-0.2, -0.15) is 0 Å². The lowest BCUT2D eigenvalue weighted by atomic mass is 9.89. The Morgan fingerprint density at radius 2 is 2.14 bits per heavy atom. The molecule has 6 nitrogen and oxygen atoms in total. The number of anilines is 1. The summed E-state index contributed by atoms with van der Waals surface area (Å²) >= 11 is 6.17. The third-order valence-corrected chi connectivity index (χ3v) is 5.19. The van der Waals surface area contributed by atoms with Crippen molar-refractivity contribution in [2.75, 3.05) is 4.90 Å². The van der Waals surface area contributed by atoms with Gasteiger partial charge in [-0.3, -0.25) is 9.69 Å². The third kappa shape index (κ3) is 3.62. The first-order chi connectivity index (χ1) is 13.8. The number of halogens is 2. The van der Waals surface area contributed by atoms with E-state index in [1.807, 2.05) is 0 Å². The van der Waals surface area contributed by atoms with Crippen LogP contribution in [0.3, 0.4) is 0 Å². The summed E-state index contributed by atoms with van der Waals surface area (Å²) in [5, 5.41) is 3.25. The van der Waals surface area contributed by atoms with E-state index in [9.17, 15) is 14.0 Å². The van der Waals surface area contributed by atoms with Crippen LogP contribution in [0.1, 0.15) is 38.3 Å². The fourth-order valence-corrected chi connectivity index (χ4v) is 3.99. The molecule has 1 N–H and O–H groups in total. The largest absolute Gasteiger partial charge is 0.452 e. The molecule has 0 radical (unpaired) electrons. The van der Waals surface area contributed by atoms with Gasteiger partial charge in [0.2, 0.25) is 5.91 Å². The van der Waals surface area contributed by atoms with Crippen molar-refractivity contribution in [3.8, 4) is 11.5 Å². The number of ether oxygens (including phenoxy) is 2. The van der Waals surface area contributed by atoms with E-state index in [-0.39, 0.29) is 24.2 Å². The number of fused-ring (bicyclic) bond motifs is 5. The van der Waals surface area contributed by atoms with Gasteiger partial charge in [-0.15, -0.1) is 0 Å². The number of piperidine rings is 1. The molecule has 8 heteroatoms. The minimum absolute atomic E-state index is 0.0299. The number of benzene rings is 2. The quantitative estimate of drug-likeness (QED) is 0.748. The molecule has 0 unspecified atom stereocenters. The SMILES string of the molecule is CC(C)OC(=O)N[C@@H]1CCC(=O)N2c3cc(Cl)ccc3Oc3c(F)cccc3[C@@H]12. The van der Waals surface area contributed by atoms with Crippen LogP contribution in [-0.2, 0) is 9.53 Å². The van der Waals surface area contributed by atoms with E-state index >= 15 is 0 Å². The monoisotopic (exact) mass is 418 g/mol. The summed E-state index contributed by atoms with van der Waals surface area (Å²) in [6.07, 6.45) is -0.287. The highest BCUT2D eigenvalue weighted by atomic mass is 35.5. The minimum atomic E-state index is -0.665. The van der Waals surface area contributed by atoms with Gasteiger partial charge in [-0.1, -0.05) is 23.7 Å². The van der Waals surface area contributed by atoms with Crippen molar-refractivity contribution >= 4 is 29.3 Å². The van der Waals surface area contributed by atoms with Crippen molar-refractivity contribution in [1.82, 2.24) is 5.32 Å². The first-order valence-corrected chi connectivity index (χ1v) is 9.78. The second kappa shape index (κ2) is 7.55. The molecule has 1 fully saturated rings. The maximum absolute atomic E-state index is 14.7. The summed E-state index contributed by atoms with van der Waals surface area (Å²) in [5.41, 5.74) is 0.909. The summed E-state index contributed by atoms with van der Waals surface area (Å²) in [6, 6.07) is 8.23. The van der Waals surface area contributed by atoms with Crippen LogP contribution in [0.5, 0.6) is 11.5 Å². The average molecular weight is 419 g/mol. The predicted octanol–water partition coefficient (Wildman–Crippen LogP) is 4.96. The van der Waals surface area contributed by atoms with Crippen molar-refractivity contribution in [2.45, 2.75) is 44.9 Å². The maximum atomic E-state index is 14.7. The first-order valence-electron chi connectivity index (χ1n) is 9.40. The predicted molar refractivity (Wildman–Crippen MR) is 106 cm³/mol. The van der Waals surface area contributed by atoms with Gasteiger partial charge in [-0.05, 0) is 44.5 Å². The van der Waals surface area contributed by atoms with Crippen molar-refractivity contribution in [2.24, 2.45) is 0 Å². The standard InChI is InChI=1S/C21H20ClFN2O4/c1-11(2)28-21(27)24-15-7-9-18(26)25-16-10-12(22)6-8-17(16)29-20-13(19(15)25)4-3-5-14(20)23/h3-6,8,10-11,15,19H,7,9H2,1-2H3,(H,24,27)/t15-,19+/m1/s1. The van der Waals surface area contributed by atoms with Crippen LogP contribution in [-0.4, -0.2) is 24.1 Å². The molecule has 0 spiro atoms. The van der Waals surface area contributed by atoms with E-state index in [0.717, 1.165) is 0 Å². The molecule has 152 valence electrons. The average Bonchev–Trinajstić information content (AvgIpc) is 2.79. The number of para-hydroxylation sites is 1. The van der Waals surface area contributed by atoms with E-state index in [1.165, 1.54) is 11.0 Å². The van der Waals surface area contributed by atoms with Crippen molar-refractivity contribution in [3.63, 3.8) is 0 Å². The molecular weight excluding hydrogens is 399 g/mol. The molecule has 2 aromatic carbocycles. The minimum Gasteiger partial charge on any atom is -0.452 e. The van der Waals surface area contributed by atoms with Gasteiger partial charge in [0.1, 0.15) is 0 Å². The van der Waals surface area contributed by atoms with Crippen LogP contribution in [0.4, 0.5) is 14.9 Å². The molecule has 2 aliphatic rings. The summed E-state index contributed by atoms with van der Waals surface area (Å²) in [4.78, 5) is 26.8.